The lowest BCUT2D eigenvalue weighted by Gasteiger charge is -2.06. The molecule has 2 N–H and O–H groups in total. The summed E-state index contributed by atoms with van der Waals surface area (Å²) in [5.74, 6) is -0.175. The van der Waals surface area contributed by atoms with E-state index in [2.05, 4.69) is 20.5 Å². The molecule has 0 aliphatic heterocycles. The zero-order valence-corrected chi connectivity index (χ0v) is 11.3. The molecule has 0 bridgehead atoms. The van der Waals surface area contributed by atoms with Gasteiger partial charge in [-0.3, -0.25) is 14.9 Å². The molecule has 5 nitrogen and oxygen atoms in total. The largest absolute Gasteiger partial charge is 0.320 e. The van der Waals surface area contributed by atoms with Gasteiger partial charge in [0, 0.05) is 11.1 Å². The monoisotopic (exact) mass is 266 g/mol. The van der Waals surface area contributed by atoms with E-state index >= 15 is 0 Å². The molecule has 1 aromatic carbocycles. The van der Waals surface area contributed by atoms with E-state index < -0.39 is 0 Å². The highest BCUT2D eigenvalue weighted by atomic mass is 16.1. The van der Waals surface area contributed by atoms with Crippen molar-refractivity contribution in [3.05, 3.63) is 53.5 Å². The second kappa shape index (κ2) is 4.77. The maximum atomic E-state index is 12.3. The third-order valence-electron chi connectivity index (χ3n) is 3.20. The van der Waals surface area contributed by atoms with Crippen molar-refractivity contribution in [3.8, 4) is 0 Å². The number of aromatic amines is 1. The van der Waals surface area contributed by atoms with Crippen LogP contribution in [0.3, 0.4) is 0 Å². The number of benzene rings is 1. The van der Waals surface area contributed by atoms with Crippen LogP contribution in [0.25, 0.3) is 10.9 Å². The van der Waals surface area contributed by atoms with Crippen molar-refractivity contribution in [2.45, 2.75) is 13.8 Å². The Morgan fingerprint density at radius 2 is 2.05 bits per heavy atom. The van der Waals surface area contributed by atoms with E-state index in [9.17, 15) is 4.79 Å². The molecule has 0 radical (unpaired) electrons. The van der Waals surface area contributed by atoms with Crippen LogP contribution in [-0.2, 0) is 0 Å². The Morgan fingerprint density at radius 3 is 2.80 bits per heavy atom. The fourth-order valence-electron chi connectivity index (χ4n) is 2.22. The van der Waals surface area contributed by atoms with Crippen molar-refractivity contribution in [1.82, 2.24) is 15.2 Å². The number of para-hydroxylation sites is 1. The number of aromatic nitrogens is 3. The minimum atomic E-state index is -0.175. The van der Waals surface area contributed by atoms with Crippen molar-refractivity contribution in [2.75, 3.05) is 5.32 Å². The van der Waals surface area contributed by atoms with E-state index in [-0.39, 0.29) is 5.91 Å². The van der Waals surface area contributed by atoms with Gasteiger partial charge in [-0.25, -0.2) is 0 Å². The van der Waals surface area contributed by atoms with E-state index in [1.54, 1.807) is 13.1 Å². The molecule has 1 amide bonds. The van der Waals surface area contributed by atoms with Crippen molar-refractivity contribution in [1.29, 1.82) is 0 Å². The topological polar surface area (TPSA) is 70.7 Å². The molecule has 100 valence electrons. The number of carbonyl (C=O) groups is 1. The van der Waals surface area contributed by atoms with Crippen LogP contribution in [-0.4, -0.2) is 21.1 Å². The molecule has 0 saturated carbocycles. The molecule has 20 heavy (non-hydrogen) atoms. The third-order valence-corrected chi connectivity index (χ3v) is 3.20. The fourth-order valence-corrected chi connectivity index (χ4v) is 2.22. The molecule has 0 spiro atoms. The van der Waals surface area contributed by atoms with Gasteiger partial charge in [0.2, 0.25) is 0 Å². The number of aryl methyl sites for hydroxylation is 2. The lowest BCUT2D eigenvalue weighted by Crippen LogP contribution is -2.13. The minimum absolute atomic E-state index is 0.175. The molecule has 2 aromatic heterocycles. The normalized spacial score (nSPS) is 10.7. The van der Waals surface area contributed by atoms with Gasteiger partial charge in [-0.05, 0) is 26.0 Å². The molecule has 0 fully saturated rings. The predicted octanol–water partition coefficient (Wildman–Crippen LogP) is 2.83. The second-order valence-electron chi connectivity index (χ2n) is 4.68. The third kappa shape index (κ3) is 2.14. The number of anilines is 1. The van der Waals surface area contributed by atoms with Crippen LogP contribution in [0.1, 0.15) is 21.7 Å². The molecule has 0 aliphatic rings. The van der Waals surface area contributed by atoms with E-state index in [1.807, 2.05) is 37.3 Å². The van der Waals surface area contributed by atoms with Crippen LogP contribution >= 0.6 is 0 Å². The summed E-state index contributed by atoms with van der Waals surface area (Å²) >= 11 is 0. The molecule has 5 heteroatoms. The highest BCUT2D eigenvalue weighted by Gasteiger charge is 2.15. The average Bonchev–Trinajstić information content (AvgIpc) is 2.78. The van der Waals surface area contributed by atoms with E-state index in [4.69, 9.17) is 0 Å². The van der Waals surface area contributed by atoms with Crippen LogP contribution in [0.15, 0.2) is 36.5 Å². The van der Waals surface area contributed by atoms with Crippen LogP contribution < -0.4 is 5.32 Å². The quantitative estimate of drug-likeness (QED) is 0.749. The first-order valence-electron chi connectivity index (χ1n) is 6.33. The van der Waals surface area contributed by atoms with Gasteiger partial charge in [0.05, 0.1) is 28.7 Å². The molecule has 2 heterocycles. The smallest absolute Gasteiger partial charge is 0.259 e. The van der Waals surface area contributed by atoms with Gasteiger partial charge in [0.25, 0.3) is 5.91 Å². The Morgan fingerprint density at radius 1 is 1.25 bits per heavy atom. The summed E-state index contributed by atoms with van der Waals surface area (Å²) in [5.41, 5.74) is 3.61. The number of hydrogen-bond acceptors (Lipinski definition) is 3. The molecule has 3 rings (SSSR count). The van der Waals surface area contributed by atoms with Crippen molar-refractivity contribution < 1.29 is 4.79 Å². The van der Waals surface area contributed by atoms with Gasteiger partial charge in [0.15, 0.2) is 0 Å². The van der Waals surface area contributed by atoms with Crippen LogP contribution in [0.2, 0.25) is 0 Å². The molecule has 0 saturated heterocycles. The lowest BCUT2D eigenvalue weighted by molar-refractivity contribution is 0.102. The summed E-state index contributed by atoms with van der Waals surface area (Å²) < 4.78 is 0. The number of H-pyrrole nitrogens is 1. The molecular weight excluding hydrogens is 252 g/mol. The summed E-state index contributed by atoms with van der Waals surface area (Å²) in [6.07, 6.45) is 1.66. The Kier molecular flexibility index (Phi) is 2.95. The van der Waals surface area contributed by atoms with Gasteiger partial charge >= 0.3 is 0 Å². The zero-order chi connectivity index (χ0) is 14.1. The highest BCUT2D eigenvalue weighted by Crippen LogP contribution is 2.18. The summed E-state index contributed by atoms with van der Waals surface area (Å²) in [6, 6.07) is 9.69. The first kappa shape index (κ1) is 12.3. The Balaban J connectivity index is 1.91. The van der Waals surface area contributed by atoms with Gasteiger partial charge < -0.3 is 5.32 Å². The SMILES string of the molecule is Cc1n[nH]c(C)c1C(=O)Nc1cnc2ccccc2c1. The maximum absolute atomic E-state index is 12.3. The number of fused-ring (bicyclic) bond motifs is 1. The van der Waals surface area contributed by atoms with E-state index in [0.717, 1.165) is 16.6 Å². The van der Waals surface area contributed by atoms with Gasteiger partial charge in [-0.15, -0.1) is 0 Å². The van der Waals surface area contributed by atoms with Gasteiger partial charge in [-0.2, -0.15) is 5.10 Å². The van der Waals surface area contributed by atoms with Gasteiger partial charge in [0.1, 0.15) is 0 Å². The number of nitrogens with zero attached hydrogens (tertiary/aromatic N) is 2. The lowest BCUT2D eigenvalue weighted by atomic mass is 10.1. The zero-order valence-electron chi connectivity index (χ0n) is 11.3. The minimum Gasteiger partial charge on any atom is -0.320 e. The molecule has 0 unspecified atom stereocenters. The summed E-state index contributed by atoms with van der Waals surface area (Å²) in [5, 5.41) is 10.7. The standard InChI is InChI=1S/C15H14N4O/c1-9-14(10(2)19-18-9)15(20)17-12-7-11-5-3-4-6-13(11)16-8-12/h3-8H,1-2H3,(H,17,20)(H,18,19). The number of pyridine rings is 1. The molecular formula is C15H14N4O. The number of rotatable bonds is 2. The Bertz CT molecular complexity index is 772. The molecule has 0 atom stereocenters. The van der Waals surface area contributed by atoms with Crippen LogP contribution in [0.5, 0.6) is 0 Å². The summed E-state index contributed by atoms with van der Waals surface area (Å²) in [6.45, 7) is 3.63. The fraction of sp³-hybridized carbons (Fsp3) is 0.133. The average molecular weight is 266 g/mol. The number of amides is 1. The Labute approximate surface area is 116 Å². The predicted molar refractivity (Wildman–Crippen MR) is 77.8 cm³/mol. The number of nitrogens with one attached hydrogen (secondary N) is 2. The first-order valence-corrected chi connectivity index (χ1v) is 6.33. The van der Waals surface area contributed by atoms with E-state index in [1.165, 1.54) is 0 Å². The summed E-state index contributed by atoms with van der Waals surface area (Å²) in [7, 11) is 0. The van der Waals surface area contributed by atoms with Crippen molar-refractivity contribution in [3.63, 3.8) is 0 Å². The number of hydrogen-bond donors (Lipinski definition) is 2. The molecule has 0 aliphatic carbocycles. The highest BCUT2D eigenvalue weighted by molar-refractivity contribution is 6.06. The maximum Gasteiger partial charge on any atom is 0.259 e. The van der Waals surface area contributed by atoms with Crippen molar-refractivity contribution in [2.24, 2.45) is 0 Å². The van der Waals surface area contributed by atoms with Crippen LogP contribution in [0, 0.1) is 13.8 Å². The van der Waals surface area contributed by atoms with Gasteiger partial charge in [-0.1, -0.05) is 18.2 Å². The number of carbonyl (C=O) groups excluding carboxylic acids is 1. The van der Waals surface area contributed by atoms with Crippen molar-refractivity contribution >= 4 is 22.5 Å². The second-order valence-corrected chi connectivity index (χ2v) is 4.68. The molecule has 3 aromatic rings. The first-order chi connectivity index (χ1) is 9.65. The summed E-state index contributed by atoms with van der Waals surface area (Å²) in [4.78, 5) is 16.6. The van der Waals surface area contributed by atoms with Crippen LogP contribution in [0.4, 0.5) is 5.69 Å². The Hall–Kier alpha value is -2.69. The van der Waals surface area contributed by atoms with E-state index in [0.29, 0.717) is 16.9 Å².